The maximum atomic E-state index is 6.16. The molecule has 8 nitrogen and oxygen atoms in total. The van der Waals surface area contributed by atoms with Crippen LogP contribution in [-0.4, -0.2) is 59.4 Å². The lowest BCUT2D eigenvalue weighted by atomic mass is 9.98. The van der Waals surface area contributed by atoms with Crippen LogP contribution in [0.15, 0.2) is 18.3 Å². The lowest BCUT2D eigenvalue weighted by Gasteiger charge is -2.30. The van der Waals surface area contributed by atoms with Gasteiger partial charge in [-0.2, -0.15) is 0 Å². The van der Waals surface area contributed by atoms with Crippen LogP contribution in [0.5, 0.6) is 5.75 Å². The fourth-order valence-corrected chi connectivity index (χ4v) is 4.51. The van der Waals surface area contributed by atoms with Crippen molar-refractivity contribution >= 4 is 28.8 Å². The first-order valence-corrected chi connectivity index (χ1v) is 10.8. The highest BCUT2D eigenvalue weighted by Crippen LogP contribution is 2.41. The summed E-state index contributed by atoms with van der Waals surface area (Å²) in [4.78, 5) is 11.1. The van der Waals surface area contributed by atoms with E-state index in [0.29, 0.717) is 17.7 Å². The van der Waals surface area contributed by atoms with Crippen LogP contribution in [0.25, 0.3) is 16.9 Å². The lowest BCUT2D eigenvalue weighted by molar-refractivity contribution is 0.312. The van der Waals surface area contributed by atoms with Gasteiger partial charge in [0.25, 0.3) is 0 Å². The van der Waals surface area contributed by atoms with Gasteiger partial charge >= 0.3 is 0 Å². The monoisotopic (exact) mass is 427 g/mol. The van der Waals surface area contributed by atoms with Gasteiger partial charge in [0.05, 0.1) is 17.9 Å². The Morgan fingerprint density at radius 1 is 1.33 bits per heavy atom. The van der Waals surface area contributed by atoms with Crippen LogP contribution in [0, 0.1) is 12.8 Å². The van der Waals surface area contributed by atoms with Crippen LogP contribution < -0.4 is 20.3 Å². The molecular formula is C21H26ClN7O. The molecule has 0 saturated carbocycles. The van der Waals surface area contributed by atoms with Gasteiger partial charge in [0.15, 0.2) is 17.2 Å². The molecule has 0 radical (unpaired) electrons. The number of aromatic nitrogens is 4. The highest BCUT2D eigenvalue weighted by molar-refractivity contribution is 6.29. The van der Waals surface area contributed by atoms with Crippen molar-refractivity contribution in [1.29, 1.82) is 0 Å². The van der Waals surface area contributed by atoms with E-state index < -0.39 is 0 Å². The summed E-state index contributed by atoms with van der Waals surface area (Å²) in [6.07, 6.45) is 4.05. The van der Waals surface area contributed by atoms with E-state index in [9.17, 15) is 0 Å². The number of halogens is 1. The largest absolute Gasteiger partial charge is 0.486 e. The van der Waals surface area contributed by atoms with E-state index in [1.54, 1.807) is 6.20 Å². The first-order valence-electron chi connectivity index (χ1n) is 10.5. The van der Waals surface area contributed by atoms with Crippen LogP contribution >= 0.6 is 11.6 Å². The molecule has 5 heterocycles. The van der Waals surface area contributed by atoms with Gasteiger partial charge in [-0.05, 0) is 50.9 Å². The predicted molar refractivity (Wildman–Crippen MR) is 119 cm³/mol. The second kappa shape index (κ2) is 7.92. The molecule has 5 rings (SSSR count). The molecule has 0 atom stereocenters. The number of nitrogens with one attached hydrogen (secondary N) is 2. The third-order valence-corrected chi connectivity index (χ3v) is 6.15. The second-order valence-electron chi connectivity index (χ2n) is 8.02. The van der Waals surface area contributed by atoms with Gasteiger partial charge in [-0.3, -0.25) is 0 Å². The summed E-state index contributed by atoms with van der Waals surface area (Å²) in [5.41, 5.74) is 4.41. The quantitative estimate of drug-likeness (QED) is 0.619. The number of rotatable bonds is 4. The average Bonchev–Trinajstić information content (AvgIpc) is 3.09. The molecule has 0 aliphatic carbocycles. The average molecular weight is 428 g/mol. The van der Waals surface area contributed by atoms with E-state index in [1.807, 2.05) is 23.6 Å². The number of pyridine rings is 1. The van der Waals surface area contributed by atoms with Crippen molar-refractivity contribution in [3.05, 3.63) is 29.2 Å². The Labute approximate surface area is 180 Å². The number of fused-ring (bicyclic) bond motifs is 3. The summed E-state index contributed by atoms with van der Waals surface area (Å²) >= 11 is 6.16. The summed E-state index contributed by atoms with van der Waals surface area (Å²) < 4.78 is 7.99. The maximum absolute atomic E-state index is 6.16. The number of ether oxygens (including phenoxy) is 1. The zero-order valence-corrected chi connectivity index (χ0v) is 18.0. The standard InChI is InChI=1S/C21H26ClN7O/c1-13-17(15-5-8-24-16(22)11-15)29-21(26-13)19-18(28(2)9-10-30-19)20(27-29)25-12-14-3-6-23-7-4-14/h5,8,11,14,23H,3-4,6-7,9-10,12H2,1-2H3,(H,25,27). The Kier molecular flexibility index (Phi) is 5.12. The molecule has 1 saturated heterocycles. The Morgan fingerprint density at radius 3 is 2.97 bits per heavy atom. The maximum Gasteiger partial charge on any atom is 0.199 e. The molecule has 3 aromatic heterocycles. The number of hydrogen-bond acceptors (Lipinski definition) is 7. The summed E-state index contributed by atoms with van der Waals surface area (Å²) in [6, 6.07) is 3.77. The van der Waals surface area contributed by atoms with Gasteiger partial charge < -0.3 is 20.3 Å². The van der Waals surface area contributed by atoms with Crippen LogP contribution in [0.1, 0.15) is 18.5 Å². The highest BCUT2D eigenvalue weighted by Gasteiger charge is 2.28. The minimum Gasteiger partial charge on any atom is -0.486 e. The summed E-state index contributed by atoms with van der Waals surface area (Å²) in [5.74, 6) is 2.25. The molecule has 0 aromatic carbocycles. The van der Waals surface area contributed by atoms with Crippen molar-refractivity contribution in [3.8, 4) is 17.0 Å². The Balaban J connectivity index is 1.62. The number of nitrogens with zero attached hydrogens (tertiary/aromatic N) is 5. The van der Waals surface area contributed by atoms with Gasteiger partial charge in [0.1, 0.15) is 17.4 Å². The summed E-state index contributed by atoms with van der Waals surface area (Å²) in [7, 11) is 2.08. The number of likely N-dealkylation sites (N-methyl/N-ethyl adjacent to an activating group) is 1. The number of anilines is 2. The molecule has 2 aliphatic rings. The number of hydrogen-bond donors (Lipinski definition) is 2. The van der Waals surface area contributed by atoms with Gasteiger partial charge in [0.2, 0.25) is 0 Å². The molecule has 158 valence electrons. The van der Waals surface area contributed by atoms with E-state index in [1.165, 1.54) is 12.8 Å². The zero-order chi connectivity index (χ0) is 20.7. The smallest absolute Gasteiger partial charge is 0.199 e. The Bertz CT molecular complexity index is 1080. The van der Waals surface area contributed by atoms with E-state index in [0.717, 1.165) is 66.0 Å². The molecule has 2 N–H and O–H groups in total. The molecule has 0 bridgehead atoms. The third-order valence-electron chi connectivity index (χ3n) is 5.94. The van der Waals surface area contributed by atoms with Crippen molar-refractivity contribution in [3.63, 3.8) is 0 Å². The topological polar surface area (TPSA) is 79.6 Å². The first kappa shape index (κ1) is 19.4. The van der Waals surface area contributed by atoms with E-state index in [4.69, 9.17) is 26.4 Å². The van der Waals surface area contributed by atoms with Gasteiger partial charge in [-0.1, -0.05) is 11.6 Å². The minimum atomic E-state index is 0.444. The fourth-order valence-electron chi connectivity index (χ4n) is 4.33. The van der Waals surface area contributed by atoms with Crippen molar-refractivity contribution < 1.29 is 4.74 Å². The SMILES string of the molecule is Cc1nc2c3c(c(NCC4CCNCC4)nn2c1-c1ccnc(Cl)c1)N(C)CCO3. The fraction of sp³-hybridized carbons (Fsp3) is 0.476. The van der Waals surface area contributed by atoms with Gasteiger partial charge in [0, 0.05) is 25.4 Å². The van der Waals surface area contributed by atoms with Crippen molar-refractivity contribution in [2.75, 3.05) is 50.1 Å². The van der Waals surface area contributed by atoms with E-state index in [-0.39, 0.29) is 0 Å². The number of aryl methyl sites for hydroxylation is 1. The lowest BCUT2D eigenvalue weighted by Crippen LogP contribution is -2.33. The first-order chi connectivity index (χ1) is 14.6. The van der Waals surface area contributed by atoms with Crippen molar-refractivity contribution in [1.82, 2.24) is 24.9 Å². The van der Waals surface area contributed by atoms with Crippen LogP contribution in [0.3, 0.4) is 0 Å². The third kappa shape index (κ3) is 3.44. The molecule has 0 amide bonds. The van der Waals surface area contributed by atoms with Crippen LogP contribution in [0.4, 0.5) is 11.5 Å². The normalized spacial score (nSPS) is 17.1. The number of imidazole rings is 1. The molecule has 3 aromatic rings. The van der Waals surface area contributed by atoms with Crippen molar-refractivity contribution in [2.45, 2.75) is 19.8 Å². The Morgan fingerprint density at radius 2 is 2.17 bits per heavy atom. The molecule has 1 fully saturated rings. The number of piperidine rings is 1. The molecule has 30 heavy (non-hydrogen) atoms. The highest BCUT2D eigenvalue weighted by atomic mass is 35.5. The van der Waals surface area contributed by atoms with Crippen LogP contribution in [-0.2, 0) is 0 Å². The minimum absolute atomic E-state index is 0.444. The molecule has 0 unspecified atom stereocenters. The zero-order valence-electron chi connectivity index (χ0n) is 17.3. The summed E-state index contributed by atoms with van der Waals surface area (Å²) in [5, 5.41) is 12.5. The van der Waals surface area contributed by atoms with Gasteiger partial charge in [-0.25, -0.2) is 14.5 Å². The molecule has 2 aliphatic heterocycles. The molecular weight excluding hydrogens is 402 g/mol. The van der Waals surface area contributed by atoms with Gasteiger partial charge in [-0.15, -0.1) is 5.10 Å². The van der Waals surface area contributed by atoms with E-state index >= 15 is 0 Å². The van der Waals surface area contributed by atoms with E-state index in [2.05, 4.69) is 27.6 Å². The Hall–Kier alpha value is -2.58. The molecule has 0 spiro atoms. The van der Waals surface area contributed by atoms with Crippen molar-refractivity contribution in [2.24, 2.45) is 5.92 Å². The molecule has 9 heteroatoms. The van der Waals surface area contributed by atoms with Crippen LogP contribution in [0.2, 0.25) is 5.15 Å². The summed E-state index contributed by atoms with van der Waals surface area (Å²) in [6.45, 7) is 6.48. The predicted octanol–water partition coefficient (Wildman–Crippen LogP) is 2.99. The second-order valence-corrected chi connectivity index (χ2v) is 8.41.